The van der Waals surface area contributed by atoms with Gasteiger partial charge >= 0.3 is 0 Å². The van der Waals surface area contributed by atoms with Crippen LogP contribution in [0.4, 0.5) is 4.39 Å². The number of ketones is 1. The first-order chi connectivity index (χ1) is 18.8. The second kappa shape index (κ2) is 12.0. The Morgan fingerprint density at radius 3 is 2.28 bits per heavy atom. The fraction of sp³-hybridized carbons (Fsp3) is 0.290. The molecule has 1 saturated heterocycles. The summed E-state index contributed by atoms with van der Waals surface area (Å²) in [5, 5.41) is 11.4. The van der Waals surface area contributed by atoms with Crippen LogP contribution in [-0.4, -0.2) is 49.1 Å². The molecule has 204 valence electrons. The van der Waals surface area contributed by atoms with E-state index in [9.17, 15) is 19.1 Å². The maximum atomic E-state index is 13.4. The van der Waals surface area contributed by atoms with Crippen LogP contribution in [0, 0.1) is 12.7 Å². The molecule has 3 aromatic rings. The first-order valence-corrected chi connectivity index (χ1v) is 12.8. The van der Waals surface area contributed by atoms with E-state index in [0.717, 1.165) is 17.5 Å². The Morgan fingerprint density at radius 2 is 1.64 bits per heavy atom. The number of aliphatic hydroxyl groups is 1. The van der Waals surface area contributed by atoms with Crippen LogP contribution in [0.3, 0.4) is 0 Å². The van der Waals surface area contributed by atoms with E-state index in [1.54, 1.807) is 48.5 Å². The number of methoxy groups -OCH3 is 2. The van der Waals surface area contributed by atoms with Gasteiger partial charge in [-0.05, 0) is 78.9 Å². The molecule has 1 fully saturated rings. The van der Waals surface area contributed by atoms with Crippen LogP contribution in [0.5, 0.6) is 17.2 Å². The number of aliphatic hydroxyl groups excluding tert-OH is 1. The molecule has 39 heavy (non-hydrogen) atoms. The van der Waals surface area contributed by atoms with Gasteiger partial charge in [-0.1, -0.05) is 25.1 Å². The summed E-state index contributed by atoms with van der Waals surface area (Å²) < 4.78 is 30.0. The van der Waals surface area contributed by atoms with E-state index < -0.39 is 17.7 Å². The molecule has 3 aromatic carbocycles. The standard InChI is InChI=1S/C31H32FNO6/c1-5-16-39-24-12-9-22(17-19(24)2)29(34)27-28(21-8-13-25(37-3)26(18-21)38-4)33(31(36)30(27)35)15-14-20-6-10-23(32)11-7-20/h6-13,17-18,28,34H,5,14-16H2,1-4H3/b29-27-. The van der Waals surface area contributed by atoms with Crippen molar-refractivity contribution in [3.63, 3.8) is 0 Å². The molecule has 0 aromatic heterocycles. The quantitative estimate of drug-likeness (QED) is 0.207. The molecule has 0 spiro atoms. The smallest absolute Gasteiger partial charge is 0.295 e. The number of benzene rings is 3. The number of hydrogen-bond donors (Lipinski definition) is 1. The van der Waals surface area contributed by atoms with E-state index >= 15 is 0 Å². The predicted octanol–water partition coefficient (Wildman–Crippen LogP) is 5.60. The molecular weight excluding hydrogens is 501 g/mol. The van der Waals surface area contributed by atoms with E-state index in [0.29, 0.717) is 41.4 Å². The minimum atomic E-state index is -0.874. The summed E-state index contributed by atoms with van der Waals surface area (Å²) in [6, 6.07) is 15.4. The number of rotatable bonds is 10. The maximum absolute atomic E-state index is 13.4. The second-order valence-corrected chi connectivity index (χ2v) is 9.31. The summed E-state index contributed by atoms with van der Waals surface area (Å²) in [6.07, 6.45) is 1.24. The molecule has 1 aliphatic rings. The minimum absolute atomic E-state index is 0.0204. The number of hydrogen-bond acceptors (Lipinski definition) is 6. The van der Waals surface area contributed by atoms with Crippen molar-refractivity contribution in [1.82, 2.24) is 4.90 Å². The third-order valence-electron chi connectivity index (χ3n) is 6.73. The van der Waals surface area contributed by atoms with Gasteiger partial charge < -0.3 is 24.2 Å². The topological polar surface area (TPSA) is 85.3 Å². The summed E-state index contributed by atoms with van der Waals surface area (Å²) in [6.45, 7) is 4.60. The van der Waals surface area contributed by atoms with Gasteiger partial charge in [0.1, 0.15) is 17.3 Å². The number of aryl methyl sites for hydroxylation is 1. The third-order valence-corrected chi connectivity index (χ3v) is 6.73. The Hall–Kier alpha value is -4.33. The number of carbonyl (C=O) groups is 2. The molecule has 0 radical (unpaired) electrons. The molecule has 4 rings (SSSR count). The van der Waals surface area contributed by atoms with Crippen molar-refractivity contribution in [2.75, 3.05) is 27.4 Å². The Kier molecular flexibility index (Phi) is 8.54. The highest BCUT2D eigenvalue weighted by atomic mass is 19.1. The van der Waals surface area contributed by atoms with Crippen LogP contribution >= 0.6 is 0 Å². The Morgan fingerprint density at radius 1 is 0.949 bits per heavy atom. The number of ether oxygens (including phenoxy) is 3. The van der Waals surface area contributed by atoms with E-state index in [-0.39, 0.29) is 23.7 Å². The molecule has 1 N–H and O–H groups in total. The maximum Gasteiger partial charge on any atom is 0.295 e. The number of Topliss-reactive ketones (excluding diaryl/α,β-unsaturated/α-hetero) is 1. The van der Waals surface area contributed by atoms with Gasteiger partial charge in [-0.15, -0.1) is 0 Å². The molecule has 0 aliphatic carbocycles. The first kappa shape index (κ1) is 27.7. The fourth-order valence-electron chi connectivity index (χ4n) is 4.71. The second-order valence-electron chi connectivity index (χ2n) is 9.31. The Balaban J connectivity index is 1.79. The van der Waals surface area contributed by atoms with Gasteiger partial charge in [0, 0.05) is 12.1 Å². The molecule has 1 unspecified atom stereocenters. The van der Waals surface area contributed by atoms with Crippen molar-refractivity contribution >= 4 is 17.4 Å². The number of likely N-dealkylation sites (tertiary alicyclic amines) is 1. The number of halogens is 1. The minimum Gasteiger partial charge on any atom is -0.507 e. The van der Waals surface area contributed by atoms with Crippen molar-refractivity contribution in [2.24, 2.45) is 0 Å². The number of carbonyl (C=O) groups excluding carboxylic acids is 2. The van der Waals surface area contributed by atoms with E-state index in [4.69, 9.17) is 14.2 Å². The Bertz CT molecular complexity index is 1400. The molecule has 0 bridgehead atoms. The molecule has 1 atom stereocenters. The van der Waals surface area contributed by atoms with Crippen LogP contribution in [0.15, 0.2) is 66.2 Å². The van der Waals surface area contributed by atoms with Gasteiger partial charge in [0.15, 0.2) is 11.5 Å². The monoisotopic (exact) mass is 533 g/mol. The van der Waals surface area contributed by atoms with Crippen molar-refractivity contribution in [3.8, 4) is 17.2 Å². The first-order valence-electron chi connectivity index (χ1n) is 12.8. The molecule has 1 heterocycles. The van der Waals surface area contributed by atoms with Crippen LogP contribution in [0.2, 0.25) is 0 Å². The lowest BCUT2D eigenvalue weighted by molar-refractivity contribution is -0.139. The highest BCUT2D eigenvalue weighted by molar-refractivity contribution is 6.46. The zero-order valence-electron chi connectivity index (χ0n) is 22.5. The summed E-state index contributed by atoms with van der Waals surface area (Å²) in [5.74, 6) is -0.540. The van der Waals surface area contributed by atoms with Crippen LogP contribution in [0.1, 0.15) is 41.6 Å². The Labute approximate surface area is 227 Å². The lowest BCUT2D eigenvalue weighted by Gasteiger charge is -2.26. The van der Waals surface area contributed by atoms with E-state index in [2.05, 4.69) is 0 Å². The molecule has 7 nitrogen and oxygen atoms in total. The zero-order chi connectivity index (χ0) is 28.1. The summed E-state index contributed by atoms with van der Waals surface area (Å²) in [5.41, 5.74) is 2.56. The molecule has 0 saturated carbocycles. The highest BCUT2D eigenvalue weighted by Crippen LogP contribution is 2.42. The number of amides is 1. The lowest BCUT2D eigenvalue weighted by atomic mass is 9.94. The normalized spacial score (nSPS) is 16.4. The van der Waals surface area contributed by atoms with E-state index in [1.165, 1.54) is 31.3 Å². The zero-order valence-corrected chi connectivity index (χ0v) is 22.5. The lowest BCUT2D eigenvalue weighted by Crippen LogP contribution is -2.31. The van der Waals surface area contributed by atoms with Gasteiger partial charge in [0.2, 0.25) is 0 Å². The van der Waals surface area contributed by atoms with Crippen molar-refractivity contribution in [2.45, 2.75) is 32.7 Å². The predicted molar refractivity (Wildman–Crippen MR) is 146 cm³/mol. The van der Waals surface area contributed by atoms with Gasteiger partial charge in [-0.3, -0.25) is 9.59 Å². The average molecular weight is 534 g/mol. The third kappa shape index (κ3) is 5.74. The molecular formula is C31H32FNO6. The van der Waals surface area contributed by atoms with Gasteiger partial charge in [0.25, 0.3) is 11.7 Å². The van der Waals surface area contributed by atoms with Crippen LogP contribution in [-0.2, 0) is 16.0 Å². The highest BCUT2D eigenvalue weighted by Gasteiger charge is 2.46. The van der Waals surface area contributed by atoms with Gasteiger partial charge in [-0.2, -0.15) is 0 Å². The molecule has 8 heteroatoms. The summed E-state index contributed by atoms with van der Waals surface area (Å²) in [4.78, 5) is 28.2. The summed E-state index contributed by atoms with van der Waals surface area (Å²) >= 11 is 0. The van der Waals surface area contributed by atoms with Crippen molar-refractivity contribution in [3.05, 3.63) is 94.3 Å². The average Bonchev–Trinajstić information content (AvgIpc) is 3.20. The fourth-order valence-corrected chi connectivity index (χ4v) is 4.71. The van der Waals surface area contributed by atoms with Crippen LogP contribution < -0.4 is 14.2 Å². The van der Waals surface area contributed by atoms with E-state index in [1.807, 2.05) is 13.8 Å². The summed E-state index contributed by atoms with van der Waals surface area (Å²) in [7, 11) is 3.01. The SMILES string of the molecule is CCCOc1ccc(/C(O)=C2/C(=O)C(=O)N(CCc3ccc(F)cc3)C2c2ccc(OC)c(OC)c2)cc1C. The van der Waals surface area contributed by atoms with Crippen LogP contribution in [0.25, 0.3) is 5.76 Å². The van der Waals surface area contributed by atoms with Crippen molar-refractivity contribution < 1.29 is 33.3 Å². The molecule has 1 amide bonds. The van der Waals surface area contributed by atoms with Gasteiger partial charge in [-0.25, -0.2) is 4.39 Å². The number of nitrogens with zero attached hydrogens (tertiary/aromatic N) is 1. The van der Waals surface area contributed by atoms with Crippen molar-refractivity contribution in [1.29, 1.82) is 0 Å². The van der Waals surface area contributed by atoms with Gasteiger partial charge in [0.05, 0.1) is 32.4 Å². The largest absolute Gasteiger partial charge is 0.507 e. The molecule has 1 aliphatic heterocycles.